The van der Waals surface area contributed by atoms with Gasteiger partial charge in [-0.2, -0.15) is 5.10 Å². The van der Waals surface area contributed by atoms with Gasteiger partial charge in [0.25, 0.3) is 0 Å². The number of aryl methyl sites for hydroxylation is 1. The van der Waals surface area contributed by atoms with Gasteiger partial charge in [-0.15, -0.1) is 0 Å². The third-order valence-corrected chi connectivity index (χ3v) is 4.75. The Kier molecular flexibility index (Phi) is 5.76. The van der Waals surface area contributed by atoms with Crippen LogP contribution < -0.4 is 10.2 Å². The van der Waals surface area contributed by atoms with Crippen molar-refractivity contribution in [1.82, 2.24) is 15.1 Å². The number of nitrogens with zero attached hydrogens (tertiary/aromatic N) is 3. The average molecular weight is 349 g/mol. The lowest BCUT2D eigenvalue weighted by molar-refractivity contribution is 0.122. The van der Waals surface area contributed by atoms with Gasteiger partial charge in [-0.25, -0.2) is 0 Å². The fourth-order valence-corrected chi connectivity index (χ4v) is 3.35. The third kappa shape index (κ3) is 4.29. The molecule has 6 heteroatoms. The van der Waals surface area contributed by atoms with Gasteiger partial charge in [0.2, 0.25) is 0 Å². The standard InChI is InChI=1S/C18H25ClN4O/c1-14(20-7-5-15-6-8-22(2)21-15)17-4-3-16(13-18(17)19)23-9-11-24-12-10-23/h3-4,6,8,13-14,20H,5,7,9-12H2,1-2H3. The Morgan fingerprint density at radius 2 is 2.08 bits per heavy atom. The monoisotopic (exact) mass is 348 g/mol. The van der Waals surface area contributed by atoms with Gasteiger partial charge in [-0.05, 0) is 30.7 Å². The van der Waals surface area contributed by atoms with E-state index in [1.54, 1.807) is 0 Å². The number of nitrogens with one attached hydrogen (secondary N) is 1. The summed E-state index contributed by atoms with van der Waals surface area (Å²) in [7, 11) is 1.94. The lowest BCUT2D eigenvalue weighted by Crippen LogP contribution is -2.36. The maximum absolute atomic E-state index is 6.53. The molecule has 1 unspecified atom stereocenters. The van der Waals surface area contributed by atoms with Crippen LogP contribution in [0.2, 0.25) is 5.02 Å². The lowest BCUT2D eigenvalue weighted by Gasteiger charge is -2.29. The molecule has 1 aliphatic heterocycles. The summed E-state index contributed by atoms with van der Waals surface area (Å²) < 4.78 is 7.24. The molecule has 1 aromatic carbocycles. The fraction of sp³-hybridized carbons (Fsp3) is 0.500. The van der Waals surface area contributed by atoms with Gasteiger partial charge in [0.15, 0.2) is 0 Å². The molecule has 0 bridgehead atoms. The van der Waals surface area contributed by atoms with Crippen molar-refractivity contribution in [2.45, 2.75) is 19.4 Å². The average Bonchev–Trinajstić information content (AvgIpc) is 3.00. The van der Waals surface area contributed by atoms with Gasteiger partial charge >= 0.3 is 0 Å². The Balaban J connectivity index is 1.56. The number of ether oxygens (including phenoxy) is 1. The molecule has 0 spiro atoms. The SMILES string of the molecule is CC(NCCc1ccn(C)n1)c1ccc(N2CCOCC2)cc1Cl. The number of aromatic nitrogens is 2. The molecule has 0 radical (unpaired) electrons. The second-order valence-corrected chi connectivity index (χ2v) is 6.62. The van der Waals surface area contributed by atoms with E-state index in [0.717, 1.165) is 55.5 Å². The molecule has 1 aromatic heterocycles. The maximum atomic E-state index is 6.53. The van der Waals surface area contributed by atoms with E-state index >= 15 is 0 Å². The largest absolute Gasteiger partial charge is 0.378 e. The van der Waals surface area contributed by atoms with E-state index in [-0.39, 0.29) is 6.04 Å². The first-order chi connectivity index (χ1) is 11.6. The van der Waals surface area contributed by atoms with Crippen LogP contribution in [0.1, 0.15) is 24.2 Å². The van der Waals surface area contributed by atoms with Crippen molar-refractivity contribution >= 4 is 17.3 Å². The minimum Gasteiger partial charge on any atom is -0.378 e. The van der Waals surface area contributed by atoms with Crippen LogP contribution in [0.25, 0.3) is 0 Å². The minimum atomic E-state index is 0.208. The van der Waals surface area contributed by atoms with Crippen LogP contribution in [0.4, 0.5) is 5.69 Å². The number of hydrogen-bond acceptors (Lipinski definition) is 4. The Morgan fingerprint density at radius 3 is 2.75 bits per heavy atom. The molecule has 1 N–H and O–H groups in total. The smallest absolute Gasteiger partial charge is 0.0642 e. The Hall–Kier alpha value is -1.56. The summed E-state index contributed by atoms with van der Waals surface area (Å²) in [4.78, 5) is 2.32. The maximum Gasteiger partial charge on any atom is 0.0642 e. The van der Waals surface area contributed by atoms with E-state index in [9.17, 15) is 0 Å². The highest BCUT2D eigenvalue weighted by atomic mass is 35.5. The van der Waals surface area contributed by atoms with Crippen molar-refractivity contribution in [3.63, 3.8) is 0 Å². The first-order valence-corrected chi connectivity index (χ1v) is 8.85. The summed E-state index contributed by atoms with van der Waals surface area (Å²) in [6.07, 6.45) is 2.88. The van der Waals surface area contributed by atoms with Gasteiger partial charge < -0.3 is 15.0 Å². The van der Waals surface area contributed by atoms with Crippen LogP contribution in [-0.2, 0) is 18.2 Å². The third-order valence-electron chi connectivity index (χ3n) is 4.43. The van der Waals surface area contributed by atoms with Crippen LogP contribution in [0, 0.1) is 0 Å². The summed E-state index contributed by atoms with van der Waals surface area (Å²) in [6, 6.07) is 8.62. The zero-order valence-corrected chi connectivity index (χ0v) is 15.1. The minimum absolute atomic E-state index is 0.208. The van der Waals surface area contributed by atoms with Crippen molar-refractivity contribution < 1.29 is 4.74 Å². The van der Waals surface area contributed by atoms with Crippen LogP contribution in [0.3, 0.4) is 0 Å². The molecule has 3 rings (SSSR count). The Labute approximate surface area is 148 Å². The normalized spacial score (nSPS) is 16.4. The first-order valence-electron chi connectivity index (χ1n) is 8.47. The zero-order chi connectivity index (χ0) is 16.9. The van der Waals surface area contributed by atoms with Gasteiger partial charge in [0, 0.05) is 56.1 Å². The molecule has 2 aromatic rings. The molecule has 24 heavy (non-hydrogen) atoms. The van der Waals surface area contributed by atoms with Crippen LogP contribution in [0.5, 0.6) is 0 Å². The van der Waals surface area contributed by atoms with E-state index in [4.69, 9.17) is 16.3 Å². The summed E-state index contributed by atoms with van der Waals surface area (Å²) in [6.45, 7) is 6.44. The van der Waals surface area contributed by atoms with Crippen molar-refractivity contribution in [1.29, 1.82) is 0 Å². The molecular weight excluding hydrogens is 324 g/mol. The molecular formula is C18H25ClN4O. The molecule has 0 amide bonds. The van der Waals surface area contributed by atoms with E-state index < -0.39 is 0 Å². The van der Waals surface area contributed by atoms with Crippen molar-refractivity contribution in [2.75, 3.05) is 37.7 Å². The predicted octanol–water partition coefficient (Wildman–Crippen LogP) is 2.80. The van der Waals surface area contributed by atoms with Gasteiger partial charge in [0.05, 0.1) is 18.9 Å². The molecule has 1 saturated heterocycles. The van der Waals surface area contributed by atoms with E-state index in [2.05, 4.69) is 46.5 Å². The Morgan fingerprint density at radius 1 is 1.29 bits per heavy atom. The molecule has 1 aliphatic rings. The van der Waals surface area contributed by atoms with E-state index in [0.29, 0.717) is 0 Å². The summed E-state index contributed by atoms with van der Waals surface area (Å²) in [5.74, 6) is 0. The number of morpholine rings is 1. The van der Waals surface area contributed by atoms with Gasteiger partial charge in [0.1, 0.15) is 0 Å². The lowest BCUT2D eigenvalue weighted by atomic mass is 10.1. The highest BCUT2D eigenvalue weighted by Gasteiger charge is 2.15. The van der Waals surface area contributed by atoms with Gasteiger partial charge in [-0.3, -0.25) is 4.68 Å². The van der Waals surface area contributed by atoms with Crippen LogP contribution in [-0.4, -0.2) is 42.6 Å². The van der Waals surface area contributed by atoms with Crippen molar-refractivity contribution in [3.05, 3.63) is 46.7 Å². The summed E-state index contributed by atoms with van der Waals surface area (Å²) in [5.41, 5.74) is 3.41. The number of hydrogen-bond donors (Lipinski definition) is 1. The highest BCUT2D eigenvalue weighted by Crippen LogP contribution is 2.28. The predicted molar refractivity (Wildman–Crippen MR) is 97.8 cm³/mol. The molecule has 2 heterocycles. The Bertz CT molecular complexity index is 667. The topological polar surface area (TPSA) is 42.3 Å². The molecule has 0 saturated carbocycles. The number of rotatable bonds is 6. The molecule has 5 nitrogen and oxygen atoms in total. The number of halogens is 1. The van der Waals surface area contributed by atoms with Crippen molar-refractivity contribution in [2.24, 2.45) is 7.05 Å². The molecule has 1 atom stereocenters. The number of anilines is 1. The second-order valence-electron chi connectivity index (χ2n) is 6.21. The van der Waals surface area contributed by atoms with E-state index in [1.165, 1.54) is 5.69 Å². The quantitative estimate of drug-likeness (QED) is 0.871. The number of benzene rings is 1. The summed E-state index contributed by atoms with van der Waals surface area (Å²) >= 11 is 6.53. The van der Waals surface area contributed by atoms with Crippen LogP contribution in [0.15, 0.2) is 30.5 Å². The zero-order valence-electron chi connectivity index (χ0n) is 14.3. The van der Waals surface area contributed by atoms with Gasteiger partial charge in [-0.1, -0.05) is 17.7 Å². The molecule has 130 valence electrons. The van der Waals surface area contributed by atoms with Crippen LogP contribution >= 0.6 is 11.6 Å². The van der Waals surface area contributed by atoms with Crippen molar-refractivity contribution in [3.8, 4) is 0 Å². The molecule has 0 aliphatic carbocycles. The second kappa shape index (κ2) is 8.01. The molecule has 1 fully saturated rings. The highest BCUT2D eigenvalue weighted by molar-refractivity contribution is 6.31. The fourth-order valence-electron chi connectivity index (χ4n) is 3.01. The summed E-state index contributed by atoms with van der Waals surface area (Å²) in [5, 5.41) is 8.74. The first kappa shape index (κ1) is 17.3. The van der Waals surface area contributed by atoms with E-state index in [1.807, 2.05) is 17.9 Å².